The van der Waals surface area contributed by atoms with E-state index >= 15 is 0 Å². The highest BCUT2D eigenvalue weighted by molar-refractivity contribution is 6.00. The number of carbonyl (C=O) groups excluding carboxylic acids is 3. The molecule has 5 N–H and O–H groups in total. The van der Waals surface area contributed by atoms with Crippen LogP contribution in [-0.4, -0.2) is 149 Å². The summed E-state index contributed by atoms with van der Waals surface area (Å²) in [4.78, 5) is 85.9. The molecular weight excluding hydrogens is 576 g/mol. The van der Waals surface area contributed by atoms with Crippen molar-refractivity contribution in [2.45, 2.75) is 13.8 Å². The van der Waals surface area contributed by atoms with Crippen LogP contribution < -0.4 is 5.32 Å². The van der Waals surface area contributed by atoms with Crippen LogP contribution >= 0.6 is 0 Å². The van der Waals surface area contributed by atoms with Crippen LogP contribution in [0.3, 0.4) is 0 Å². The first-order chi connectivity index (χ1) is 20.2. The van der Waals surface area contributed by atoms with E-state index in [4.69, 9.17) is 19.7 Å². The zero-order chi connectivity index (χ0) is 32.5. The monoisotopic (exact) mass is 612 g/mol. The Balaban J connectivity index is 3.03. The van der Waals surface area contributed by atoms with E-state index in [2.05, 4.69) is 5.32 Å². The maximum Gasteiger partial charge on any atom is 0.338 e. The summed E-state index contributed by atoms with van der Waals surface area (Å²) < 4.78 is 9.92. The number of carboxylic acids is 4. The number of hydrogen-bond acceptors (Lipinski definition) is 12. The topological polar surface area (TPSA) is 241 Å². The van der Waals surface area contributed by atoms with Gasteiger partial charge >= 0.3 is 35.8 Å². The molecule has 1 aromatic rings. The summed E-state index contributed by atoms with van der Waals surface area (Å²) in [5, 5.41) is 39.1. The fraction of sp³-hybridized carbons (Fsp3) is 0.500. The molecule has 0 aliphatic heterocycles. The van der Waals surface area contributed by atoms with E-state index in [1.54, 1.807) is 13.8 Å². The second-order valence-corrected chi connectivity index (χ2v) is 9.06. The van der Waals surface area contributed by atoms with E-state index in [0.717, 1.165) is 4.90 Å². The molecule has 0 unspecified atom stereocenters. The number of rotatable bonds is 21. The molecule has 1 amide bonds. The van der Waals surface area contributed by atoms with Gasteiger partial charge in [0.05, 0.1) is 57.1 Å². The van der Waals surface area contributed by atoms with Gasteiger partial charge in [0, 0.05) is 31.9 Å². The minimum Gasteiger partial charge on any atom is -0.480 e. The van der Waals surface area contributed by atoms with Gasteiger partial charge in [-0.05, 0) is 32.0 Å². The molecule has 0 atom stereocenters. The SMILES string of the molecule is CCOC(=O)c1cc(NC(=O)CN(CCN(CCN(CC(=O)O)CC(=O)O)CC(=O)O)CC(=O)O)cc(C(=O)OCC)c1. The molecule has 1 rings (SSSR count). The number of esters is 2. The third-order valence-electron chi connectivity index (χ3n) is 5.51. The first-order valence-corrected chi connectivity index (χ1v) is 13.1. The highest BCUT2D eigenvalue weighted by atomic mass is 16.5. The van der Waals surface area contributed by atoms with Gasteiger partial charge in [0.1, 0.15) is 0 Å². The first kappa shape index (κ1) is 36.4. The summed E-state index contributed by atoms with van der Waals surface area (Å²) in [7, 11) is 0. The molecule has 0 aromatic heterocycles. The molecule has 0 spiro atoms. The van der Waals surface area contributed by atoms with E-state index < -0.39 is 74.4 Å². The Kier molecular flexibility index (Phi) is 15.9. The summed E-state index contributed by atoms with van der Waals surface area (Å²) in [5.74, 6) is -7.26. The zero-order valence-corrected chi connectivity index (χ0v) is 23.8. The lowest BCUT2D eigenvalue weighted by molar-refractivity contribution is -0.143. The number of benzene rings is 1. The zero-order valence-electron chi connectivity index (χ0n) is 23.8. The molecule has 0 bridgehead atoms. The van der Waals surface area contributed by atoms with Crippen molar-refractivity contribution in [3.05, 3.63) is 29.3 Å². The molecule has 0 radical (unpaired) electrons. The Morgan fingerprint density at radius 1 is 0.581 bits per heavy atom. The van der Waals surface area contributed by atoms with E-state index in [1.807, 2.05) is 0 Å². The van der Waals surface area contributed by atoms with Gasteiger partial charge in [-0.15, -0.1) is 0 Å². The molecule has 238 valence electrons. The Bertz CT molecular complexity index is 1120. The number of amides is 1. The predicted octanol–water partition coefficient (Wildman–Crippen LogP) is -0.777. The maximum absolute atomic E-state index is 12.9. The van der Waals surface area contributed by atoms with E-state index in [0.29, 0.717) is 0 Å². The van der Waals surface area contributed by atoms with Crippen molar-refractivity contribution in [2.24, 2.45) is 0 Å². The summed E-state index contributed by atoms with van der Waals surface area (Å²) >= 11 is 0. The first-order valence-electron chi connectivity index (χ1n) is 13.1. The standard InChI is InChI=1S/C26H36N4O13/c1-3-42-25(40)17-9-18(26(41)43-4-2)11-19(10-17)27-20(31)12-29(14-22(34)35)7-5-28(13-21(32)33)6-8-30(15-23(36)37)16-24(38)39/h9-11H,3-8,12-16H2,1-2H3,(H,27,31)(H,32,33)(H,34,35)(H,36,37)(H,38,39). The number of ether oxygens (including phenoxy) is 2. The number of anilines is 1. The van der Waals surface area contributed by atoms with Crippen molar-refractivity contribution in [2.75, 3.05) is 77.4 Å². The van der Waals surface area contributed by atoms with Crippen molar-refractivity contribution in [1.29, 1.82) is 0 Å². The molecule has 0 fully saturated rings. The lowest BCUT2D eigenvalue weighted by Crippen LogP contribution is -2.46. The van der Waals surface area contributed by atoms with Gasteiger partial charge in [-0.3, -0.25) is 38.7 Å². The number of carbonyl (C=O) groups is 7. The number of carboxylic acid groups (broad SMARTS) is 4. The Morgan fingerprint density at radius 2 is 0.930 bits per heavy atom. The smallest absolute Gasteiger partial charge is 0.338 e. The van der Waals surface area contributed by atoms with E-state index in [-0.39, 0.29) is 56.2 Å². The molecule has 0 saturated carbocycles. The van der Waals surface area contributed by atoms with Crippen LogP contribution in [0, 0.1) is 0 Å². The lowest BCUT2D eigenvalue weighted by Gasteiger charge is -2.27. The summed E-state index contributed by atoms with van der Waals surface area (Å²) in [6.07, 6.45) is 0. The van der Waals surface area contributed by atoms with Crippen molar-refractivity contribution >= 4 is 47.4 Å². The third-order valence-corrected chi connectivity index (χ3v) is 5.51. The number of nitrogens with one attached hydrogen (secondary N) is 1. The molecule has 0 heterocycles. The second kappa shape index (κ2) is 18.7. The molecule has 17 nitrogen and oxygen atoms in total. The van der Waals surface area contributed by atoms with Gasteiger partial charge < -0.3 is 35.2 Å². The van der Waals surface area contributed by atoms with Gasteiger partial charge in [0.25, 0.3) is 0 Å². The summed E-state index contributed by atoms with van der Waals surface area (Å²) in [5.41, 5.74) is -0.0261. The molecular formula is C26H36N4O13. The van der Waals surface area contributed by atoms with Crippen molar-refractivity contribution < 1.29 is 63.5 Å². The fourth-order valence-corrected chi connectivity index (χ4v) is 3.80. The van der Waals surface area contributed by atoms with E-state index in [1.165, 1.54) is 28.0 Å². The van der Waals surface area contributed by atoms with Gasteiger partial charge in [-0.25, -0.2) is 9.59 Å². The number of hydrogen-bond donors (Lipinski definition) is 5. The highest BCUT2D eigenvalue weighted by Gasteiger charge is 2.21. The predicted molar refractivity (Wildman–Crippen MR) is 147 cm³/mol. The normalized spacial score (nSPS) is 10.9. The summed E-state index contributed by atoms with van der Waals surface area (Å²) in [6, 6.07) is 3.79. The van der Waals surface area contributed by atoms with Gasteiger partial charge in [0.2, 0.25) is 5.91 Å². The van der Waals surface area contributed by atoms with Crippen LogP contribution in [0.25, 0.3) is 0 Å². The average molecular weight is 613 g/mol. The van der Waals surface area contributed by atoms with Crippen molar-refractivity contribution in [1.82, 2.24) is 14.7 Å². The molecule has 1 aromatic carbocycles. The van der Waals surface area contributed by atoms with Gasteiger partial charge in [-0.1, -0.05) is 0 Å². The largest absolute Gasteiger partial charge is 0.480 e. The number of aliphatic carboxylic acids is 4. The highest BCUT2D eigenvalue weighted by Crippen LogP contribution is 2.17. The second-order valence-electron chi connectivity index (χ2n) is 9.06. The molecule has 0 saturated heterocycles. The minimum absolute atomic E-state index is 0.0331. The van der Waals surface area contributed by atoms with Crippen molar-refractivity contribution in [3.8, 4) is 0 Å². The van der Waals surface area contributed by atoms with Gasteiger partial charge in [-0.2, -0.15) is 0 Å². The summed E-state index contributed by atoms with van der Waals surface area (Å²) in [6.45, 7) is 0.190. The van der Waals surface area contributed by atoms with Crippen LogP contribution in [0.5, 0.6) is 0 Å². The van der Waals surface area contributed by atoms with Crippen LogP contribution in [0.4, 0.5) is 5.69 Å². The Labute approximate surface area is 246 Å². The van der Waals surface area contributed by atoms with Crippen molar-refractivity contribution in [3.63, 3.8) is 0 Å². The van der Waals surface area contributed by atoms with Crippen LogP contribution in [0.1, 0.15) is 34.6 Å². The third kappa shape index (κ3) is 15.3. The maximum atomic E-state index is 12.9. The molecule has 0 aliphatic carbocycles. The molecule has 43 heavy (non-hydrogen) atoms. The molecule has 17 heteroatoms. The average Bonchev–Trinajstić information content (AvgIpc) is 2.88. The number of nitrogens with zero attached hydrogens (tertiary/aromatic N) is 3. The van der Waals surface area contributed by atoms with Gasteiger partial charge in [0.15, 0.2) is 0 Å². The quantitative estimate of drug-likeness (QED) is 0.107. The Morgan fingerprint density at radius 3 is 1.30 bits per heavy atom. The fourth-order valence-electron chi connectivity index (χ4n) is 3.80. The van der Waals surface area contributed by atoms with Crippen LogP contribution in [0.15, 0.2) is 18.2 Å². The van der Waals surface area contributed by atoms with Crippen LogP contribution in [-0.2, 0) is 33.4 Å². The van der Waals surface area contributed by atoms with Crippen LogP contribution in [0.2, 0.25) is 0 Å². The molecule has 0 aliphatic rings. The lowest BCUT2D eigenvalue weighted by atomic mass is 10.1. The minimum atomic E-state index is -1.28. The van der Waals surface area contributed by atoms with E-state index in [9.17, 15) is 43.8 Å². The Hall–Kier alpha value is -4.61.